The van der Waals surface area contributed by atoms with Crippen molar-refractivity contribution in [2.24, 2.45) is 0 Å². The summed E-state index contributed by atoms with van der Waals surface area (Å²) in [7, 11) is 1.55. The van der Waals surface area contributed by atoms with Gasteiger partial charge in [0.25, 0.3) is 5.91 Å². The molecule has 0 saturated carbocycles. The van der Waals surface area contributed by atoms with Gasteiger partial charge in [-0.05, 0) is 30.7 Å². The molecule has 1 aromatic carbocycles. The number of nitrogens with zero attached hydrogens (tertiary/aromatic N) is 2. The molecule has 132 valence electrons. The molecular weight excluding hydrogens is 348 g/mol. The maximum absolute atomic E-state index is 12.0. The summed E-state index contributed by atoms with van der Waals surface area (Å²) in [6, 6.07) is 5.26. The minimum atomic E-state index is -0.943. The quantitative estimate of drug-likeness (QED) is 0.568. The average molecular weight is 365 g/mol. The van der Waals surface area contributed by atoms with Crippen molar-refractivity contribution in [3.8, 4) is 17.6 Å². The Hall–Kier alpha value is -2.72. The van der Waals surface area contributed by atoms with Crippen molar-refractivity contribution in [1.29, 1.82) is 5.26 Å². The zero-order chi connectivity index (χ0) is 18.4. The molecule has 1 amide bonds. The number of ether oxygens (including phenoxy) is 3. The van der Waals surface area contributed by atoms with E-state index in [9.17, 15) is 9.59 Å². The first-order valence-electron chi connectivity index (χ1n) is 7.52. The van der Waals surface area contributed by atoms with Crippen molar-refractivity contribution < 1.29 is 23.8 Å². The predicted octanol–water partition coefficient (Wildman–Crippen LogP) is 2.39. The molecule has 0 radical (unpaired) electrons. The van der Waals surface area contributed by atoms with Gasteiger partial charge in [-0.2, -0.15) is 5.26 Å². The van der Waals surface area contributed by atoms with Crippen LogP contribution in [0, 0.1) is 11.3 Å². The van der Waals surface area contributed by atoms with Gasteiger partial charge in [0.1, 0.15) is 0 Å². The molecule has 1 heterocycles. The van der Waals surface area contributed by atoms with E-state index in [1.807, 2.05) is 6.07 Å². The topological polar surface area (TPSA) is 88.9 Å². The fourth-order valence-corrected chi connectivity index (χ4v) is 2.42. The number of likely N-dealkylation sites (N-methyl/N-ethyl adjacent to an activating group) is 1. The molecular formula is C17H17ClN2O5. The second-order valence-electron chi connectivity index (χ2n) is 5.32. The third-order valence-electron chi connectivity index (χ3n) is 3.44. The monoisotopic (exact) mass is 364 g/mol. The number of benzene rings is 1. The highest BCUT2D eigenvalue weighted by Crippen LogP contribution is 2.40. The van der Waals surface area contributed by atoms with E-state index in [2.05, 4.69) is 0 Å². The number of esters is 1. The van der Waals surface area contributed by atoms with E-state index < -0.39 is 12.1 Å². The summed E-state index contributed by atoms with van der Waals surface area (Å²) < 4.78 is 15.5. The lowest BCUT2D eigenvalue weighted by Crippen LogP contribution is -2.37. The zero-order valence-corrected chi connectivity index (χ0v) is 14.6. The number of carbonyl (C=O) groups excluding carboxylic acids is 2. The fourth-order valence-electron chi connectivity index (χ4n) is 2.15. The molecule has 25 heavy (non-hydrogen) atoms. The predicted molar refractivity (Wildman–Crippen MR) is 90.0 cm³/mol. The number of hydrogen-bond acceptors (Lipinski definition) is 6. The SMILES string of the molecule is C[C@@H](OC(=O)/C=C/c1cc(Cl)c2c(c1)OCO2)C(=O)N(C)CCC#N. The van der Waals surface area contributed by atoms with Crippen molar-refractivity contribution in [2.75, 3.05) is 20.4 Å². The molecule has 0 spiro atoms. The minimum Gasteiger partial charge on any atom is -0.454 e. The summed E-state index contributed by atoms with van der Waals surface area (Å²) in [5.41, 5.74) is 0.635. The van der Waals surface area contributed by atoms with Crippen LogP contribution in [0.25, 0.3) is 6.08 Å². The Kier molecular flexibility index (Phi) is 6.25. The summed E-state index contributed by atoms with van der Waals surface area (Å²) in [5.74, 6) is -0.0596. The van der Waals surface area contributed by atoms with E-state index in [1.54, 1.807) is 19.2 Å². The Morgan fingerprint density at radius 3 is 2.96 bits per heavy atom. The molecule has 7 nitrogen and oxygen atoms in total. The van der Waals surface area contributed by atoms with Gasteiger partial charge in [0.05, 0.1) is 17.5 Å². The third kappa shape index (κ3) is 4.88. The van der Waals surface area contributed by atoms with E-state index >= 15 is 0 Å². The molecule has 1 aromatic rings. The molecule has 1 aliphatic heterocycles. The number of hydrogen-bond donors (Lipinski definition) is 0. The Balaban J connectivity index is 1.94. The van der Waals surface area contributed by atoms with Gasteiger partial charge in [0.2, 0.25) is 6.79 Å². The minimum absolute atomic E-state index is 0.100. The molecule has 2 rings (SSSR count). The van der Waals surface area contributed by atoms with E-state index in [-0.39, 0.29) is 25.7 Å². The van der Waals surface area contributed by atoms with E-state index in [0.717, 1.165) is 0 Å². The van der Waals surface area contributed by atoms with Crippen molar-refractivity contribution in [3.63, 3.8) is 0 Å². The van der Waals surface area contributed by atoms with Crippen LogP contribution in [0.5, 0.6) is 11.5 Å². The number of carbonyl (C=O) groups is 2. The number of rotatable bonds is 6. The fraction of sp³-hybridized carbons (Fsp3) is 0.353. The molecule has 0 fully saturated rings. The third-order valence-corrected chi connectivity index (χ3v) is 3.72. The van der Waals surface area contributed by atoms with Gasteiger partial charge >= 0.3 is 5.97 Å². The molecule has 0 saturated heterocycles. The summed E-state index contributed by atoms with van der Waals surface area (Å²) in [5, 5.41) is 8.91. The lowest BCUT2D eigenvalue weighted by Gasteiger charge is -2.19. The van der Waals surface area contributed by atoms with Crippen LogP contribution in [0.15, 0.2) is 18.2 Å². The smallest absolute Gasteiger partial charge is 0.331 e. The van der Waals surface area contributed by atoms with Gasteiger partial charge in [0, 0.05) is 19.7 Å². The van der Waals surface area contributed by atoms with Gasteiger partial charge in [-0.25, -0.2) is 4.79 Å². The summed E-state index contributed by atoms with van der Waals surface area (Å²) in [6.45, 7) is 1.86. The van der Waals surface area contributed by atoms with Crippen LogP contribution >= 0.6 is 11.6 Å². The van der Waals surface area contributed by atoms with Gasteiger partial charge in [-0.3, -0.25) is 4.79 Å². The molecule has 0 aliphatic carbocycles. The lowest BCUT2D eigenvalue weighted by atomic mass is 10.2. The van der Waals surface area contributed by atoms with E-state index in [4.69, 9.17) is 31.1 Å². The van der Waals surface area contributed by atoms with Crippen LogP contribution in [0.1, 0.15) is 18.9 Å². The van der Waals surface area contributed by atoms with Crippen LogP contribution in [0.2, 0.25) is 5.02 Å². The highest BCUT2D eigenvalue weighted by Gasteiger charge is 2.21. The van der Waals surface area contributed by atoms with Crippen LogP contribution in [0.3, 0.4) is 0 Å². The molecule has 0 N–H and O–H groups in total. The average Bonchev–Trinajstić information content (AvgIpc) is 3.06. The van der Waals surface area contributed by atoms with E-state index in [0.29, 0.717) is 22.1 Å². The standard InChI is InChI=1S/C17H17ClN2O5/c1-11(17(22)20(2)7-3-6-19)25-15(21)5-4-12-8-13(18)16-14(9-12)23-10-24-16/h4-5,8-9,11H,3,7,10H2,1-2H3/b5-4+/t11-/m1/s1. The second kappa shape index (κ2) is 8.40. The Morgan fingerprint density at radius 1 is 1.48 bits per heavy atom. The lowest BCUT2D eigenvalue weighted by molar-refractivity contribution is -0.154. The Morgan fingerprint density at radius 2 is 2.24 bits per heavy atom. The molecule has 8 heteroatoms. The first kappa shape index (κ1) is 18.6. The van der Waals surface area contributed by atoms with Crippen molar-refractivity contribution in [3.05, 3.63) is 28.8 Å². The summed E-state index contributed by atoms with van der Waals surface area (Å²) in [6.07, 6.45) is 1.98. The molecule has 0 bridgehead atoms. The van der Waals surface area contributed by atoms with Crippen LogP contribution in [-0.2, 0) is 14.3 Å². The number of halogens is 1. The highest BCUT2D eigenvalue weighted by atomic mass is 35.5. The summed E-state index contributed by atoms with van der Waals surface area (Å²) in [4.78, 5) is 25.2. The van der Waals surface area contributed by atoms with Crippen molar-refractivity contribution in [1.82, 2.24) is 4.90 Å². The first-order chi connectivity index (χ1) is 11.9. The highest BCUT2D eigenvalue weighted by molar-refractivity contribution is 6.32. The maximum Gasteiger partial charge on any atom is 0.331 e. The molecule has 1 aliphatic rings. The number of amides is 1. The second-order valence-corrected chi connectivity index (χ2v) is 5.72. The zero-order valence-electron chi connectivity index (χ0n) is 13.8. The molecule has 1 atom stereocenters. The van der Waals surface area contributed by atoms with Crippen LogP contribution in [0.4, 0.5) is 0 Å². The largest absolute Gasteiger partial charge is 0.454 e. The maximum atomic E-state index is 12.0. The van der Waals surface area contributed by atoms with Gasteiger partial charge in [0.15, 0.2) is 17.6 Å². The molecule has 0 aromatic heterocycles. The van der Waals surface area contributed by atoms with Crippen molar-refractivity contribution in [2.45, 2.75) is 19.4 Å². The Labute approximate surface area is 150 Å². The van der Waals surface area contributed by atoms with Crippen LogP contribution in [-0.4, -0.2) is 43.3 Å². The first-order valence-corrected chi connectivity index (χ1v) is 7.90. The summed E-state index contributed by atoms with van der Waals surface area (Å²) >= 11 is 6.06. The molecule has 0 unspecified atom stereocenters. The number of fused-ring (bicyclic) bond motifs is 1. The van der Waals surface area contributed by atoms with E-state index in [1.165, 1.54) is 24.0 Å². The number of nitriles is 1. The van der Waals surface area contributed by atoms with Crippen molar-refractivity contribution >= 4 is 29.6 Å². The Bertz CT molecular complexity index is 741. The van der Waals surface area contributed by atoms with Gasteiger partial charge < -0.3 is 19.1 Å². The van der Waals surface area contributed by atoms with Gasteiger partial charge in [-0.15, -0.1) is 0 Å². The normalized spacial score (nSPS) is 13.4. The van der Waals surface area contributed by atoms with Gasteiger partial charge in [-0.1, -0.05) is 11.6 Å². The van der Waals surface area contributed by atoms with Crippen LogP contribution < -0.4 is 9.47 Å².